The first-order valence-corrected chi connectivity index (χ1v) is 5.47. The molecule has 0 aliphatic rings. The van der Waals surface area contributed by atoms with Gasteiger partial charge in [0.2, 0.25) is 0 Å². The minimum absolute atomic E-state index is 0.0622. The molecule has 2 aromatic rings. The molecule has 7 heteroatoms. The average molecular weight is 272 g/mol. The molecule has 0 aliphatic heterocycles. The fourth-order valence-corrected chi connectivity index (χ4v) is 1.57. The van der Waals surface area contributed by atoms with Crippen LogP contribution in [0.1, 0.15) is 15.9 Å². The van der Waals surface area contributed by atoms with Gasteiger partial charge in [0.15, 0.2) is 5.82 Å². The van der Waals surface area contributed by atoms with Gasteiger partial charge in [-0.3, -0.25) is 0 Å². The molecule has 0 amide bonds. The Balaban J connectivity index is 2.39. The topological polar surface area (TPSA) is 112 Å². The summed E-state index contributed by atoms with van der Waals surface area (Å²) in [6, 6.07) is 7.04. The van der Waals surface area contributed by atoms with Gasteiger partial charge in [0.05, 0.1) is 16.9 Å². The van der Waals surface area contributed by atoms with Gasteiger partial charge in [0.25, 0.3) is 0 Å². The molecule has 20 heavy (non-hydrogen) atoms. The van der Waals surface area contributed by atoms with Crippen molar-refractivity contribution in [3.8, 4) is 6.07 Å². The fourth-order valence-electron chi connectivity index (χ4n) is 1.57. The van der Waals surface area contributed by atoms with Crippen LogP contribution in [0.3, 0.4) is 0 Å². The number of carbonyl (C=O) groups is 1. The zero-order valence-corrected chi connectivity index (χ0v) is 10.1. The summed E-state index contributed by atoms with van der Waals surface area (Å²) in [6.45, 7) is 0. The Morgan fingerprint density at radius 2 is 2.25 bits per heavy atom. The van der Waals surface area contributed by atoms with E-state index in [4.69, 9.17) is 16.1 Å². The average Bonchev–Trinajstić information content (AvgIpc) is 2.41. The van der Waals surface area contributed by atoms with Gasteiger partial charge in [-0.1, -0.05) is 6.07 Å². The van der Waals surface area contributed by atoms with Gasteiger partial charge >= 0.3 is 5.97 Å². The maximum absolute atomic E-state index is 13.4. The number of rotatable bonds is 3. The SMILES string of the molecule is N#Cc1c(F)cccc1Nc1ncc(C(=O)O)cc1N. The zero-order chi connectivity index (χ0) is 14.7. The van der Waals surface area contributed by atoms with Crippen LogP contribution in [0.15, 0.2) is 30.5 Å². The highest BCUT2D eigenvalue weighted by molar-refractivity contribution is 5.89. The highest BCUT2D eigenvalue weighted by atomic mass is 19.1. The molecule has 100 valence electrons. The summed E-state index contributed by atoms with van der Waals surface area (Å²) in [5.74, 6) is -1.67. The molecular weight excluding hydrogens is 263 g/mol. The summed E-state index contributed by atoms with van der Waals surface area (Å²) < 4.78 is 13.4. The molecule has 1 aromatic carbocycles. The van der Waals surface area contributed by atoms with Crippen LogP contribution in [0.2, 0.25) is 0 Å². The summed E-state index contributed by atoms with van der Waals surface area (Å²) in [5.41, 5.74) is 5.72. The van der Waals surface area contributed by atoms with Crippen molar-refractivity contribution in [2.24, 2.45) is 0 Å². The fraction of sp³-hybridized carbons (Fsp3) is 0. The number of aromatic carboxylic acids is 1. The number of carboxylic acids is 1. The predicted octanol–water partition coefficient (Wildman–Crippen LogP) is 2.12. The van der Waals surface area contributed by atoms with E-state index in [0.29, 0.717) is 0 Å². The van der Waals surface area contributed by atoms with E-state index in [1.165, 1.54) is 18.2 Å². The van der Waals surface area contributed by atoms with E-state index in [0.717, 1.165) is 12.3 Å². The van der Waals surface area contributed by atoms with Gasteiger partial charge in [0, 0.05) is 6.20 Å². The Morgan fingerprint density at radius 1 is 1.50 bits per heavy atom. The Bertz CT molecular complexity index is 725. The van der Waals surface area contributed by atoms with Crippen molar-refractivity contribution in [2.75, 3.05) is 11.1 Å². The van der Waals surface area contributed by atoms with Gasteiger partial charge in [-0.25, -0.2) is 14.2 Å². The monoisotopic (exact) mass is 272 g/mol. The van der Waals surface area contributed by atoms with Gasteiger partial charge < -0.3 is 16.2 Å². The van der Waals surface area contributed by atoms with Crippen LogP contribution in [-0.2, 0) is 0 Å². The number of benzene rings is 1. The third-order valence-corrected chi connectivity index (χ3v) is 2.54. The Labute approximate surface area is 113 Å². The summed E-state index contributed by atoms with van der Waals surface area (Å²) in [6.07, 6.45) is 1.12. The Kier molecular flexibility index (Phi) is 3.48. The number of carboxylic acid groups (broad SMARTS) is 1. The lowest BCUT2D eigenvalue weighted by atomic mass is 10.2. The quantitative estimate of drug-likeness (QED) is 0.788. The van der Waals surface area contributed by atoms with Crippen molar-refractivity contribution in [3.05, 3.63) is 47.4 Å². The lowest BCUT2D eigenvalue weighted by Gasteiger charge is -2.10. The first kappa shape index (κ1) is 13.3. The van der Waals surface area contributed by atoms with Crippen molar-refractivity contribution < 1.29 is 14.3 Å². The first-order chi connectivity index (χ1) is 9.52. The van der Waals surface area contributed by atoms with E-state index in [2.05, 4.69) is 10.3 Å². The van der Waals surface area contributed by atoms with Crippen LogP contribution in [0.5, 0.6) is 0 Å². The van der Waals surface area contributed by atoms with Crippen molar-refractivity contribution in [2.45, 2.75) is 0 Å². The number of nitriles is 1. The van der Waals surface area contributed by atoms with Gasteiger partial charge in [-0.05, 0) is 18.2 Å². The third kappa shape index (κ3) is 2.49. The summed E-state index contributed by atoms with van der Waals surface area (Å²) in [5, 5.41) is 20.4. The number of halogens is 1. The normalized spacial score (nSPS) is 9.80. The maximum Gasteiger partial charge on any atom is 0.337 e. The highest BCUT2D eigenvalue weighted by Gasteiger charge is 2.11. The largest absolute Gasteiger partial charge is 0.478 e. The molecule has 0 aliphatic carbocycles. The van der Waals surface area contributed by atoms with Crippen LogP contribution >= 0.6 is 0 Å². The molecule has 2 rings (SSSR count). The second-order valence-corrected chi connectivity index (χ2v) is 3.87. The summed E-state index contributed by atoms with van der Waals surface area (Å²) in [4.78, 5) is 14.6. The standard InChI is InChI=1S/C13H9FN4O2/c14-9-2-1-3-11(8(9)5-15)18-12-10(16)4-7(6-17-12)13(19)20/h1-4,6H,16H2,(H,17,18)(H,19,20). The molecule has 0 saturated heterocycles. The van der Waals surface area contributed by atoms with Crippen molar-refractivity contribution in [3.63, 3.8) is 0 Å². The first-order valence-electron chi connectivity index (χ1n) is 5.47. The van der Waals surface area contributed by atoms with Crippen LogP contribution in [0.25, 0.3) is 0 Å². The molecule has 1 aromatic heterocycles. The molecule has 0 saturated carbocycles. The van der Waals surface area contributed by atoms with Crippen molar-refractivity contribution in [1.29, 1.82) is 5.26 Å². The number of nitrogens with one attached hydrogen (secondary N) is 1. The smallest absolute Gasteiger partial charge is 0.337 e. The van der Waals surface area contributed by atoms with Crippen molar-refractivity contribution in [1.82, 2.24) is 4.98 Å². The molecule has 0 radical (unpaired) electrons. The number of anilines is 3. The molecular formula is C13H9FN4O2. The molecule has 0 fully saturated rings. The molecule has 6 nitrogen and oxygen atoms in total. The molecule has 4 N–H and O–H groups in total. The number of pyridine rings is 1. The van der Waals surface area contributed by atoms with Crippen LogP contribution in [-0.4, -0.2) is 16.1 Å². The molecule has 0 bridgehead atoms. The maximum atomic E-state index is 13.4. The molecule has 1 heterocycles. The molecule has 0 unspecified atom stereocenters. The lowest BCUT2D eigenvalue weighted by molar-refractivity contribution is 0.0696. The number of nitrogens with two attached hydrogens (primary N) is 1. The van der Waals surface area contributed by atoms with Gasteiger partial charge in [-0.2, -0.15) is 5.26 Å². The molecule has 0 atom stereocenters. The van der Waals surface area contributed by atoms with Crippen LogP contribution < -0.4 is 11.1 Å². The highest BCUT2D eigenvalue weighted by Crippen LogP contribution is 2.25. The number of aromatic nitrogens is 1. The van der Waals surface area contributed by atoms with E-state index in [1.54, 1.807) is 6.07 Å². The summed E-state index contributed by atoms with van der Waals surface area (Å²) in [7, 11) is 0. The van der Waals surface area contributed by atoms with Gasteiger partial charge in [-0.15, -0.1) is 0 Å². The minimum Gasteiger partial charge on any atom is -0.478 e. The number of nitrogen functional groups attached to an aromatic ring is 1. The number of hydrogen-bond acceptors (Lipinski definition) is 5. The molecule has 0 spiro atoms. The Hall–Kier alpha value is -3.14. The third-order valence-electron chi connectivity index (χ3n) is 2.54. The zero-order valence-electron chi connectivity index (χ0n) is 10.1. The van der Waals surface area contributed by atoms with E-state index in [1.807, 2.05) is 0 Å². The number of hydrogen-bond donors (Lipinski definition) is 3. The van der Waals surface area contributed by atoms with Crippen LogP contribution in [0, 0.1) is 17.1 Å². The van der Waals surface area contributed by atoms with E-state index < -0.39 is 11.8 Å². The second-order valence-electron chi connectivity index (χ2n) is 3.87. The number of nitrogens with zero attached hydrogens (tertiary/aromatic N) is 2. The second kappa shape index (κ2) is 5.24. The predicted molar refractivity (Wildman–Crippen MR) is 70.0 cm³/mol. The van der Waals surface area contributed by atoms with E-state index in [9.17, 15) is 9.18 Å². The van der Waals surface area contributed by atoms with Gasteiger partial charge in [0.1, 0.15) is 17.4 Å². The summed E-state index contributed by atoms with van der Waals surface area (Å²) >= 11 is 0. The Morgan fingerprint density at radius 3 is 2.85 bits per heavy atom. The van der Waals surface area contributed by atoms with E-state index in [-0.39, 0.29) is 28.3 Å². The lowest BCUT2D eigenvalue weighted by Crippen LogP contribution is -2.05. The van der Waals surface area contributed by atoms with Crippen molar-refractivity contribution >= 4 is 23.2 Å². The minimum atomic E-state index is -1.15. The van der Waals surface area contributed by atoms with Crippen LogP contribution in [0.4, 0.5) is 21.6 Å². The van der Waals surface area contributed by atoms with E-state index >= 15 is 0 Å².